The summed E-state index contributed by atoms with van der Waals surface area (Å²) in [7, 11) is 1.65. The van der Waals surface area contributed by atoms with Crippen LogP contribution in [0.2, 0.25) is 0 Å². The van der Waals surface area contributed by atoms with Crippen LogP contribution in [0.3, 0.4) is 0 Å². The Morgan fingerprint density at radius 1 is 1.22 bits per heavy atom. The molecule has 4 aromatic rings. The lowest BCUT2D eigenvalue weighted by Crippen LogP contribution is -2.61. The van der Waals surface area contributed by atoms with Crippen molar-refractivity contribution in [2.45, 2.75) is 97.6 Å². The van der Waals surface area contributed by atoms with E-state index in [2.05, 4.69) is 34.4 Å². The van der Waals surface area contributed by atoms with Crippen molar-refractivity contribution in [2.24, 2.45) is 17.3 Å². The number of esters is 1. The Kier molecular flexibility index (Phi) is 10.0. The first kappa shape index (κ1) is 38.8. The number of aromatic nitrogens is 3. The van der Waals surface area contributed by atoms with Gasteiger partial charge in [0.25, 0.3) is 11.8 Å². The Hall–Kier alpha value is -4.47. The Balaban J connectivity index is 1.37. The average molecular weight is 779 g/mol. The number of pyridine rings is 1. The largest absolute Gasteiger partial charge is 0.464 e. The molecule has 2 N–H and O–H groups in total. The summed E-state index contributed by atoms with van der Waals surface area (Å²) in [5, 5.41) is 7.08. The van der Waals surface area contributed by atoms with E-state index in [1.54, 1.807) is 34.1 Å². The van der Waals surface area contributed by atoms with Crippen LogP contribution in [0.5, 0.6) is 0 Å². The van der Waals surface area contributed by atoms with E-state index in [1.807, 2.05) is 44.4 Å². The van der Waals surface area contributed by atoms with Crippen molar-refractivity contribution >= 4 is 40.2 Å². The van der Waals surface area contributed by atoms with Crippen molar-refractivity contribution in [2.75, 3.05) is 20.3 Å². The summed E-state index contributed by atoms with van der Waals surface area (Å²) in [6.07, 6.45) is 1.03. The van der Waals surface area contributed by atoms with Gasteiger partial charge in [-0.25, -0.2) is 24.0 Å². The second-order valence-electron chi connectivity index (χ2n) is 16.5. The molecule has 2 aliphatic heterocycles. The van der Waals surface area contributed by atoms with Gasteiger partial charge in [0.2, 0.25) is 0 Å². The average Bonchev–Trinajstić information content (AvgIpc) is 3.40. The quantitative estimate of drug-likeness (QED) is 0.212. The van der Waals surface area contributed by atoms with Crippen LogP contribution in [0, 0.1) is 17.3 Å². The Bertz CT molecular complexity index is 2140. The van der Waals surface area contributed by atoms with E-state index in [0.29, 0.717) is 23.7 Å². The topological polar surface area (TPSA) is 137 Å². The number of nitrogens with zero attached hydrogens (tertiary/aromatic N) is 4. The highest BCUT2D eigenvalue weighted by Crippen LogP contribution is 2.59. The molecule has 1 saturated carbocycles. The maximum absolute atomic E-state index is 15.2. The number of hydrogen-bond donors (Lipinski definition) is 2. The number of hydrogen-bond acceptors (Lipinski definition) is 10. The summed E-state index contributed by atoms with van der Waals surface area (Å²) >= 11 is 1.32. The van der Waals surface area contributed by atoms with Crippen LogP contribution in [0.4, 0.5) is 13.6 Å². The fourth-order valence-electron chi connectivity index (χ4n) is 7.84. The first-order valence-electron chi connectivity index (χ1n) is 18.6. The highest BCUT2D eigenvalue weighted by Gasteiger charge is 2.75. The number of nitrogens with one attached hydrogen (secondary N) is 2. The molecule has 12 nitrogen and oxygen atoms in total. The number of aryl methyl sites for hydroxylation is 1. The number of methoxy groups -OCH3 is 1. The third kappa shape index (κ3) is 7.45. The van der Waals surface area contributed by atoms with E-state index in [1.165, 1.54) is 11.3 Å². The zero-order valence-corrected chi connectivity index (χ0v) is 33.2. The molecule has 6 bridgehead atoms. The first-order chi connectivity index (χ1) is 25.9. The lowest BCUT2D eigenvalue weighted by atomic mass is 9.84. The molecule has 2 amide bonds. The van der Waals surface area contributed by atoms with Crippen LogP contribution in [-0.2, 0) is 43.2 Å². The molecule has 5 atom stereocenters. The van der Waals surface area contributed by atoms with Gasteiger partial charge in [-0.2, -0.15) is 0 Å². The predicted molar refractivity (Wildman–Crippen MR) is 203 cm³/mol. The number of thiazole rings is 1. The number of rotatable bonds is 5. The standard InChI is InChI=1S/C40H48F2N6O6S/c1-9-47-29-13-12-22-15-24(29)25(34(47)23-11-10-14-43-32(23)21(2)52-8)17-39(6,7)20-53-36(50)33-31-26(40(31,41)42)18-48(46-33)35(49)27(16-30-44-28(22)19-55-30)45-37(51)54-38(3,4)5/h10-15,19,21,26-27,31,33,46H,9,16-18,20H2,1-8H3,(H,45,51)/t21-,26?,27-,31?,33-/m0/s1. The van der Waals surface area contributed by atoms with Gasteiger partial charge >= 0.3 is 12.1 Å². The van der Waals surface area contributed by atoms with E-state index in [0.717, 1.165) is 44.0 Å². The number of ether oxygens (including phenoxy) is 3. The van der Waals surface area contributed by atoms with E-state index in [-0.39, 0.29) is 25.7 Å². The highest BCUT2D eigenvalue weighted by atomic mass is 32.1. The van der Waals surface area contributed by atoms with Crippen LogP contribution in [0.25, 0.3) is 33.4 Å². The number of halogens is 2. The maximum Gasteiger partial charge on any atom is 0.408 e. The molecule has 1 aliphatic carbocycles. The number of hydrazine groups is 1. The minimum Gasteiger partial charge on any atom is -0.464 e. The van der Waals surface area contributed by atoms with Crippen molar-refractivity contribution in [3.63, 3.8) is 0 Å². The predicted octanol–water partition coefficient (Wildman–Crippen LogP) is 6.71. The number of amides is 2. The van der Waals surface area contributed by atoms with Crippen molar-refractivity contribution < 1.29 is 37.4 Å². The van der Waals surface area contributed by atoms with Gasteiger partial charge in [0.1, 0.15) is 17.7 Å². The van der Waals surface area contributed by atoms with Crippen molar-refractivity contribution in [3.05, 3.63) is 58.2 Å². The Morgan fingerprint density at radius 3 is 2.69 bits per heavy atom. The molecule has 2 fully saturated rings. The summed E-state index contributed by atoms with van der Waals surface area (Å²) in [6, 6.07) is 7.42. The number of alkyl halides is 2. The number of cyclic esters (lactones) is 1. The van der Waals surface area contributed by atoms with Gasteiger partial charge in [-0.05, 0) is 70.9 Å². The molecule has 0 radical (unpaired) electrons. The number of carbonyl (C=O) groups is 3. The second kappa shape index (κ2) is 14.2. The molecule has 5 heterocycles. The zero-order valence-electron chi connectivity index (χ0n) is 32.4. The molecule has 0 spiro atoms. The van der Waals surface area contributed by atoms with Crippen LogP contribution in [0.15, 0.2) is 41.9 Å². The highest BCUT2D eigenvalue weighted by molar-refractivity contribution is 7.10. The fourth-order valence-corrected chi connectivity index (χ4v) is 8.69. The van der Waals surface area contributed by atoms with Crippen molar-refractivity contribution in [1.29, 1.82) is 0 Å². The van der Waals surface area contributed by atoms with Gasteiger partial charge in [-0.1, -0.05) is 19.9 Å². The smallest absolute Gasteiger partial charge is 0.408 e. The Morgan fingerprint density at radius 2 is 1.98 bits per heavy atom. The molecular formula is C40H48F2N6O6S. The Labute approximate surface area is 322 Å². The van der Waals surface area contributed by atoms with Gasteiger partial charge < -0.3 is 24.1 Å². The molecular weight excluding hydrogens is 731 g/mol. The minimum atomic E-state index is -3.19. The van der Waals surface area contributed by atoms with Gasteiger partial charge in [0.15, 0.2) is 0 Å². The molecule has 294 valence electrons. The summed E-state index contributed by atoms with van der Waals surface area (Å²) in [4.78, 5) is 50.6. The number of benzene rings is 1. The van der Waals surface area contributed by atoms with Crippen LogP contribution in [0.1, 0.15) is 70.8 Å². The molecule has 15 heteroatoms. The molecule has 7 rings (SSSR count). The van der Waals surface area contributed by atoms with Crippen molar-refractivity contribution in [3.8, 4) is 22.5 Å². The second-order valence-corrected chi connectivity index (χ2v) is 17.4. The number of carbonyl (C=O) groups excluding carboxylic acids is 3. The lowest BCUT2D eigenvalue weighted by Gasteiger charge is -2.34. The van der Waals surface area contributed by atoms with Crippen LogP contribution >= 0.6 is 11.3 Å². The van der Waals surface area contributed by atoms with E-state index >= 15 is 8.78 Å². The maximum atomic E-state index is 15.2. The molecule has 3 aliphatic rings. The van der Waals surface area contributed by atoms with E-state index in [9.17, 15) is 14.4 Å². The lowest BCUT2D eigenvalue weighted by molar-refractivity contribution is -0.156. The van der Waals surface area contributed by atoms with Gasteiger partial charge in [-0.3, -0.25) is 19.6 Å². The summed E-state index contributed by atoms with van der Waals surface area (Å²) < 4.78 is 49.8. The number of fused-ring (bicyclic) bond motifs is 8. The summed E-state index contributed by atoms with van der Waals surface area (Å²) in [6.45, 7) is 13.3. The third-order valence-corrected chi connectivity index (χ3v) is 11.5. The number of alkyl carbamates (subject to hydrolysis) is 1. The molecule has 1 aromatic carbocycles. The molecule has 1 saturated heterocycles. The molecule has 55 heavy (non-hydrogen) atoms. The molecule has 2 unspecified atom stereocenters. The minimum absolute atomic E-state index is 0.0416. The zero-order chi connectivity index (χ0) is 39.6. The first-order valence-corrected chi connectivity index (χ1v) is 19.5. The fraction of sp³-hybridized carbons (Fsp3) is 0.525. The SMILES string of the molecule is CCn1c(-c2cccnc2[C@H](C)OC)c2c3cc(ccc31)-c1csc(n1)C[C@H](NC(=O)OC(C)(C)C)C(=O)N1CC3C([C@H](N1)C(=O)OCC(C)(C)C2)C3(F)F. The van der Waals surface area contributed by atoms with Crippen molar-refractivity contribution in [1.82, 2.24) is 30.3 Å². The van der Waals surface area contributed by atoms with Gasteiger partial charge in [0.05, 0.1) is 46.6 Å². The normalized spacial score (nSPS) is 24.1. The van der Waals surface area contributed by atoms with E-state index in [4.69, 9.17) is 24.2 Å². The van der Waals surface area contributed by atoms with Crippen LogP contribution < -0.4 is 10.7 Å². The van der Waals surface area contributed by atoms with Gasteiger partial charge in [0, 0.05) is 65.6 Å². The third-order valence-electron chi connectivity index (χ3n) is 10.6. The van der Waals surface area contributed by atoms with Crippen LogP contribution in [-0.4, -0.2) is 81.4 Å². The molecule has 3 aromatic heterocycles. The summed E-state index contributed by atoms with van der Waals surface area (Å²) in [5.74, 6) is -7.34. The summed E-state index contributed by atoms with van der Waals surface area (Å²) in [5.41, 5.74) is 7.44. The van der Waals surface area contributed by atoms with E-state index < -0.39 is 58.8 Å². The monoisotopic (exact) mass is 778 g/mol. The van der Waals surface area contributed by atoms with Gasteiger partial charge in [-0.15, -0.1) is 11.3 Å².